The summed E-state index contributed by atoms with van der Waals surface area (Å²) in [5.41, 5.74) is 30.2. The van der Waals surface area contributed by atoms with E-state index < -0.39 is 0 Å². The van der Waals surface area contributed by atoms with Gasteiger partial charge in [-0.3, -0.25) is 9.97 Å². The number of hydrogen-bond acceptors (Lipinski definition) is 10. The van der Waals surface area contributed by atoms with Gasteiger partial charge < -0.3 is 22.1 Å². The number of benzene rings is 5. The number of furan rings is 5. The summed E-state index contributed by atoms with van der Waals surface area (Å²) in [6.45, 7) is 18.6. The first-order chi connectivity index (χ1) is 52.8. The Balaban J connectivity index is 0.000000104. The molecule has 0 aliphatic carbocycles. The van der Waals surface area contributed by atoms with E-state index in [2.05, 4.69) is 300 Å². The molecule has 534 valence electrons. The first-order valence-electron chi connectivity index (χ1n) is 36.5. The van der Waals surface area contributed by atoms with Crippen molar-refractivity contribution in [2.24, 2.45) is 35.2 Å². The average molecular weight is 1430 g/mol. The molecule has 0 fully saturated rings. The minimum atomic E-state index is 0.696. The van der Waals surface area contributed by atoms with Gasteiger partial charge in [0.05, 0.1) is 23.0 Å². The second-order valence-corrected chi connectivity index (χ2v) is 28.3. The Morgan fingerprint density at radius 2 is 0.642 bits per heavy atom. The van der Waals surface area contributed by atoms with Crippen LogP contribution in [-0.4, -0.2) is 24.9 Å². The van der Waals surface area contributed by atoms with Gasteiger partial charge in [0.1, 0.15) is 63.2 Å². The van der Waals surface area contributed by atoms with Crippen molar-refractivity contribution in [3.63, 3.8) is 0 Å². The Morgan fingerprint density at radius 3 is 1.09 bits per heavy atom. The number of rotatable bonds is 5. The van der Waals surface area contributed by atoms with Gasteiger partial charge >= 0.3 is 0 Å². The van der Waals surface area contributed by atoms with E-state index in [4.69, 9.17) is 22.1 Å². The minimum absolute atomic E-state index is 0.696. The number of nitrogens with zero attached hydrogens (tertiary/aromatic N) is 10. The van der Waals surface area contributed by atoms with Gasteiger partial charge in [-0.2, -0.15) is 0 Å². The first-order valence-corrected chi connectivity index (χ1v) is 36.5. The van der Waals surface area contributed by atoms with Crippen molar-refractivity contribution in [2.45, 2.75) is 62.3 Å². The van der Waals surface area contributed by atoms with E-state index in [-0.39, 0.29) is 0 Å². The smallest absolute Gasteiger partial charge is 0.227 e. The predicted octanol–water partition coefficient (Wildman–Crippen LogP) is 20.1. The highest BCUT2D eigenvalue weighted by molar-refractivity contribution is 6.12. The fourth-order valence-electron chi connectivity index (χ4n) is 15.0. The lowest BCUT2D eigenvalue weighted by molar-refractivity contribution is -0.660. The summed E-state index contributed by atoms with van der Waals surface area (Å²) in [5, 5.41) is 11.1. The van der Waals surface area contributed by atoms with Crippen molar-refractivity contribution in [3.05, 3.63) is 300 Å². The van der Waals surface area contributed by atoms with E-state index in [1.165, 1.54) is 61.6 Å². The Kier molecular flexibility index (Phi) is 18.5. The zero-order valence-electron chi connectivity index (χ0n) is 63.7. The van der Waals surface area contributed by atoms with Gasteiger partial charge in [0, 0.05) is 161 Å². The van der Waals surface area contributed by atoms with Gasteiger partial charge in [0.15, 0.2) is 42.2 Å². The van der Waals surface area contributed by atoms with E-state index in [1.807, 2.05) is 82.4 Å². The molecule has 109 heavy (non-hydrogen) atoms. The molecule has 15 aromatic heterocycles. The molecule has 0 aliphatic heterocycles. The molecule has 5 aromatic carbocycles. The summed E-state index contributed by atoms with van der Waals surface area (Å²) in [6, 6.07) is 69.0. The lowest BCUT2D eigenvalue weighted by Gasteiger charge is -2.04. The van der Waals surface area contributed by atoms with Crippen LogP contribution in [0.5, 0.6) is 0 Å². The normalized spacial score (nSPS) is 11.4. The third kappa shape index (κ3) is 13.2. The fourth-order valence-corrected chi connectivity index (χ4v) is 15.0. The van der Waals surface area contributed by atoms with Gasteiger partial charge in [-0.1, -0.05) is 24.3 Å². The van der Waals surface area contributed by atoms with Crippen LogP contribution >= 0.6 is 0 Å². The summed E-state index contributed by atoms with van der Waals surface area (Å²) in [4.78, 5) is 22.0. The summed E-state index contributed by atoms with van der Waals surface area (Å²) < 4.78 is 40.7. The Bertz CT molecular complexity index is 6790. The van der Waals surface area contributed by atoms with Crippen LogP contribution in [-0.2, 0) is 35.2 Å². The third-order valence-electron chi connectivity index (χ3n) is 20.6. The molecule has 0 spiro atoms. The van der Waals surface area contributed by atoms with Crippen molar-refractivity contribution in [2.75, 3.05) is 0 Å². The van der Waals surface area contributed by atoms with Gasteiger partial charge in [0.25, 0.3) is 0 Å². The summed E-state index contributed by atoms with van der Waals surface area (Å²) in [7, 11) is 10.3. The molecule has 0 saturated heterocycles. The highest BCUT2D eigenvalue weighted by Crippen LogP contribution is 2.41. The predicted molar refractivity (Wildman–Crippen MR) is 433 cm³/mol. The van der Waals surface area contributed by atoms with Gasteiger partial charge in [0.2, 0.25) is 45.6 Å². The van der Waals surface area contributed by atoms with Crippen LogP contribution < -0.4 is 22.8 Å². The zero-order valence-corrected chi connectivity index (χ0v) is 63.7. The molecule has 0 aliphatic rings. The van der Waals surface area contributed by atoms with Crippen molar-refractivity contribution in [3.8, 4) is 56.3 Å². The van der Waals surface area contributed by atoms with Crippen LogP contribution in [0.1, 0.15) is 50.6 Å². The topological polar surface area (TPSA) is 150 Å². The largest absolute Gasteiger partial charge is 0.454 e. The minimum Gasteiger partial charge on any atom is -0.454 e. The fraction of sp³-hybridized carbons (Fsp3) is 0.149. The Labute approximate surface area is 630 Å². The molecule has 0 amide bonds. The quantitative estimate of drug-likeness (QED) is 0.152. The highest BCUT2D eigenvalue weighted by atomic mass is 16.4. The van der Waals surface area contributed by atoms with E-state index >= 15 is 0 Å². The maximum atomic E-state index is 6.28. The number of pyridine rings is 10. The molecule has 0 bridgehead atoms. The second kappa shape index (κ2) is 28.8. The van der Waals surface area contributed by atoms with Gasteiger partial charge in [-0.15, -0.1) is 0 Å². The second-order valence-electron chi connectivity index (χ2n) is 28.3. The van der Waals surface area contributed by atoms with E-state index in [0.29, 0.717) is 17.1 Å². The molecule has 0 unspecified atom stereocenters. The molecular formula is C94H83N10O5+5. The summed E-state index contributed by atoms with van der Waals surface area (Å²) in [6.07, 6.45) is 15.6. The van der Waals surface area contributed by atoms with Gasteiger partial charge in [-0.25, -0.2) is 37.8 Å². The SMILES string of the molecule is Cc1cc2c(cn1)oc1c(-c3cccc[n+]3C)c(C)ccc12.Cc1cc2c(oc3c(-c4cccc[n+]4C)c(C)ccc32)c(C)n1.Cc1cc2oc3ncccc3c2cc1-c1cccc[n+]1C.Cc1cc2oc3ncccc3c2cc1-c1cccc[n+]1C.Cc1ccc2c(n1)oc1cc(C)c(-c3cccc[n+]3C)cc12. The zero-order chi connectivity index (χ0) is 75.5. The molecule has 20 rings (SSSR count). The number of aromatic nitrogens is 10. The molecule has 20 aromatic rings. The molecule has 0 radical (unpaired) electrons. The molecule has 15 heteroatoms. The summed E-state index contributed by atoms with van der Waals surface area (Å²) in [5.74, 6) is 0. The Hall–Kier alpha value is -13.4. The van der Waals surface area contributed by atoms with Crippen LogP contribution in [0.2, 0.25) is 0 Å². The van der Waals surface area contributed by atoms with E-state index in [1.54, 1.807) is 12.4 Å². The van der Waals surface area contributed by atoms with E-state index in [9.17, 15) is 0 Å². The highest BCUT2D eigenvalue weighted by Gasteiger charge is 2.25. The number of aryl methyl sites for hydroxylation is 14. The van der Waals surface area contributed by atoms with Crippen LogP contribution in [0, 0.1) is 62.3 Å². The maximum absolute atomic E-state index is 6.28. The lowest BCUT2D eigenvalue weighted by atomic mass is 10.0. The molecular weight excluding hydrogens is 1350 g/mol. The lowest BCUT2D eigenvalue weighted by Crippen LogP contribution is -2.30. The van der Waals surface area contributed by atoms with Crippen molar-refractivity contribution in [1.82, 2.24) is 24.9 Å². The van der Waals surface area contributed by atoms with Crippen molar-refractivity contribution >= 4 is 110 Å². The molecule has 15 nitrogen and oxygen atoms in total. The maximum Gasteiger partial charge on any atom is 0.227 e. The average Bonchev–Trinajstić information content (AvgIpc) is 1.59. The van der Waals surface area contributed by atoms with Crippen molar-refractivity contribution in [1.29, 1.82) is 0 Å². The molecule has 0 N–H and O–H groups in total. The standard InChI is InChI=1S/C20H19N2O.2C19H17N2O.2C18H15N2O/c1-12-8-9-15-16-11-13(2)21-14(3)19(16)23-20(15)18(12)17-7-5-6-10-22(17)4;1-12-10-18-16(14-8-7-13(2)20-19(14)22-18)11-15(12)17-6-4-5-9-21(17)3;1-12-7-8-14-15-10-13(2)20-11-17(15)22-19(14)18(12)16-6-4-5-9-21(16)3;2*1-12-10-17-15(13-6-5-8-19-18(13)21-17)11-14(12)16-7-3-4-9-20(16)2/h5-11H,1-4H3;2*4-11H,1-3H3;2*3-11H,1-2H3/q5*+1. The van der Waals surface area contributed by atoms with Crippen molar-refractivity contribution < 1.29 is 44.9 Å². The van der Waals surface area contributed by atoms with Crippen LogP contribution in [0.15, 0.2) is 272 Å². The van der Waals surface area contributed by atoms with E-state index in [0.717, 1.165) is 138 Å². The Morgan fingerprint density at radius 1 is 0.257 bits per heavy atom. The number of fused-ring (bicyclic) bond motifs is 15. The number of hydrogen-bond donors (Lipinski definition) is 0. The van der Waals surface area contributed by atoms with Gasteiger partial charge in [-0.05, 0) is 205 Å². The summed E-state index contributed by atoms with van der Waals surface area (Å²) >= 11 is 0. The molecule has 0 saturated carbocycles. The molecule has 15 heterocycles. The van der Waals surface area contributed by atoms with Crippen LogP contribution in [0.25, 0.3) is 166 Å². The first kappa shape index (κ1) is 69.9. The van der Waals surface area contributed by atoms with Crippen LogP contribution in [0.4, 0.5) is 0 Å². The van der Waals surface area contributed by atoms with Crippen LogP contribution in [0.3, 0.4) is 0 Å². The monoisotopic (exact) mass is 1430 g/mol. The third-order valence-corrected chi connectivity index (χ3v) is 20.6. The molecule has 0 atom stereocenters.